The van der Waals surface area contributed by atoms with Gasteiger partial charge in [-0.25, -0.2) is 0 Å². The molecule has 146 valence electrons. The summed E-state index contributed by atoms with van der Waals surface area (Å²) in [6, 6.07) is 18.8. The molecule has 0 spiro atoms. The monoisotopic (exact) mass is 391 g/mol. The third kappa shape index (κ3) is 4.56. The van der Waals surface area contributed by atoms with Gasteiger partial charge in [0.2, 0.25) is 0 Å². The second kappa shape index (κ2) is 8.66. The van der Waals surface area contributed by atoms with Gasteiger partial charge in [-0.2, -0.15) is 0 Å². The minimum atomic E-state index is -0.682. The number of hydrogen-bond acceptors (Lipinski definition) is 5. The van der Waals surface area contributed by atoms with E-state index in [9.17, 15) is 19.7 Å². The fourth-order valence-corrected chi connectivity index (χ4v) is 2.70. The molecular weight excluding hydrogens is 374 g/mol. The fourth-order valence-electron chi connectivity index (χ4n) is 2.70. The van der Waals surface area contributed by atoms with Crippen LogP contribution in [0.4, 0.5) is 17.1 Å². The highest BCUT2D eigenvalue weighted by atomic mass is 16.6. The summed E-state index contributed by atoms with van der Waals surface area (Å²) in [5, 5.41) is 16.5. The first kappa shape index (κ1) is 19.6. The third-order valence-electron chi connectivity index (χ3n) is 4.09. The standard InChI is InChI=1S/C21H17N3O5/c1-29-15-8-6-7-14(13-15)22-20(25)16-9-2-4-11-18(16)23-21(26)17-10-3-5-12-19(17)24(27)28/h2-13H,1H3,(H,22,25)(H,23,26). The molecule has 0 aliphatic heterocycles. The number of nitro benzene ring substituents is 1. The molecule has 0 aromatic heterocycles. The summed E-state index contributed by atoms with van der Waals surface area (Å²) in [5.41, 5.74) is 0.552. The molecule has 0 unspecified atom stereocenters. The Morgan fingerprint density at radius 2 is 1.52 bits per heavy atom. The minimum Gasteiger partial charge on any atom is -0.497 e. The lowest BCUT2D eigenvalue weighted by Crippen LogP contribution is -2.19. The van der Waals surface area contributed by atoms with E-state index in [4.69, 9.17) is 4.74 Å². The van der Waals surface area contributed by atoms with Gasteiger partial charge in [-0.3, -0.25) is 19.7 Å². The van der Waals surface area contributed by atoms with Gasteiger partial charge in [-0.05, 0) is 30.3 Å². The average Bonchev–Trinajstić information content (AvgIpc) is 2.74. The molecule has 3 aromatic rings. The molecule has 2 amide bonds. The number of amides is 2. The van der Waals surface area contributed by atoms with Crippen LogP contribution in [0.25, 0.3) is 0 Å². The molecule has 0 saturated carbocycles. The Labute approximate surface area is 166 Å². The number of benzene rings is 3. The Morgan fingerprint density at radius 3 is 2.24 bits per heavy atom. The maximum Gasteiger partial charge on any atom is 0.282 e. The zero-order valence-electron chi connectivity index (χ0n) is 15.4. The van der Waals surface area contributed by atoms with Crippen molar-refractivity contribution in [2.45, 2.75) is 0 Å². The molecule has 0 heterocycles. The Morgan fingerprint density at radius 1 is 0.862 bits per heavy atom. The van der Waals surface area contributed by atoms with Gasteiger partial charge in [0.05, 0.1) is 23.3 Å². The Balaban J connectivity index is 1.84. The summed E-state index contributed by atoms with van der Waals surface area (Å²) in [5.74, 6) is -0.545. The second-order valence-electron chi connectivity index (χ2n) is 5.96. The number of carbonyl (C=O) groups is 2. The number of carbonyl (C=O) groups excluding carboxylic acids is 2. The van der Waals surface area contributed by atoms with E-state index in [-0.39, 0.29) is 22.5 Å². The molecule has 8 heteroatoms. The SMILES string of the molecule is COc1cccc(NC(=O)c2ccccc2NC(=O)c2ccccc2[N+](=O)[O-])c1. The van der Waals surface area contributed by atoms with Gasteiger partial charge < -0.3 is 15.4 Å². The molecule has 3 aromatic carbocycles. The maximum atomic E-state index is 12.7. The molecule has 0 aliphatic carbocycles. The lowest BCUT2D eigenvalue weighted by Gasteiger charge is -2.12. The van der Waals surface area contributed by atoms with Crippen molar-refractivity contribution >= 4 is 28.9 Å². The molecule has 29 heavy (non-hydrogen) atoms. The third-order valence-corrected chi connectivity index (χ3v) is 4.09. The number of rotatable bonds is 6. The van der Waals surface area contributed by atoms with E-state index in [0.29, 0.717) is 11.4 Å². The number of methoxy groups -OCH3 is 1. The van der Waals surface area contributed by atoms with Crippen LogP contribution in [-0.2, 0) is 0 Å². The van der Waals surface area contributed by atoms with Crippen molar-refractivity contribution < 1.29 is 19.2 Å². The number of anilines is 2. The number of nitrogens with one attached hydrogen (secondary N) is 2. The van der Waals surface area contributed by atoms with Crippen molar-refractivity contribution in [1.82, 2.24) is 0 Å². The van der Waals surface area contributed by atoms with E-state index in [1.807, 2.05) is 0 Å². The van der Waals surface area contributed by atoms with Crippen LogP contribution >= 0.6 is 0 Å². The Kier molecular flexibility index (Phi) is 5.84. The number of hydrogen-bond donors (Lipinski definition) is 2. The maximum absolute atomic E-state index is 12.7. The normalized spacial score (nSPS) is 10.1. The van der Waals surface area contributed by atoms with Crippen molar-refractivity contribution in [3.63, 3.8) is 0 Å². The van der Waals surface area contributed by atoms with E-state index in [1.54, 1.807) is 48.5 Å². The summed E-state index contributed by atoms with van der Waals surface area (Å²) in [4.78, 5) is 35.8. The van der Waals surface area contributed by atoms with Crippen molar-refractivity contribution in [2.24, 2.45) is 0 Å². The minimum absolute atomic E-state index is 0.0968. The topological polar surface area (TPSA) is 111 Å². The molecule has 0 saturated heterocycles. The first-order valence-electron chi connectivity index (χ1n) is 8.59. The van der Waals surface area contributed by atoms with E-state index in [2.05, 4.69) is 10.6 Å². The van der Waals surface area contributed by atoms with Crippen molar-refractivity contribution in [3.8, 4) is 5.75 Å². The van der Waals surface area contributed by atoms with Gasteiger partial charge in [0.1, 0.15) is 11.3 Å². The summed E-state index contributed by atoms with van der Waals surface area (Å²) >= 11 is 0. The molecule has 8 nitrogen and oxygen atoms in total. The highest BCUT2D eigenvalue weighted by Gasteiger charge is 2.21. The van der Waals surface area contributed by atoms with Gasteiger partial charge in [-0.15, -0.1) is 0 Å². The smallest absolute Gasteiger partial charge is 0.282 e. The zero-order chi connectivity index (χ0) is 20.8. The first-order valence-corrected chi connectivity index (χ1v) is 8.59. The Bertz CT molecular complexity index is 1080. The molecule has 0 radical (unpaired) electrons. The van der Waals surface area contributed by atoms with Crippen molar-refractivity contribution in [1.29, 1.82) is 0 Å². The van der Waals surface area contributed by atoms with Crippen LogP contribution in [0, 0.1) is 10.1 Å². The average molecular weight is 391 g/mol. The number of nitro groups is 1. The highest BCUT2D eigenvalue weighted by molar-refractivity contribution is 6.13. The summed E-state index contributed by atoms with van der Waals surface area (Å²) in [6.07, 6.45) is 0. The first-order chi connectivity index (χ1) is 14.0. The molecule has 2 N–H and O–H groups in total. The van der Waals surface area contributed by atoms with E-state index in [1.165, 1.54) is 31.4 Å². The molecule has 0 bridgehead atoms. The van der Waals surface area contributed by atoms with Crippen LogP contribution in [0.2, 0.25) is 0 Å². The van der Waals surface area contributed by atoms with Crippen LogP contribution in [-0.4, -0.2) is 23.8 Å². The summed E-state index contributed by atoms with van der Waals surface area (Å²) < 4.78 is 5.13. The lowest BCUT2D eigenvalue weighted by atomic mass is 10.1. The van der Waals surface area contributed by atoms with Gasteiger partial charge in [-0.1, -0.05) is 30.3 Å². The van der Waals surface area contributed by atoms with Crippen LogP contribution in [0.3, 0.4) is 0 Å². The molecule has 0 aliphatic rings. The van der Waals surface area contributed by atoms with Gasteiger partial charge in [0.25, 0.3) is 17.5 Å². The second-order valence-corrected chi connectivity index (χ2v) is 5.96. The van der Waals surface area contributed by atoms with Crippen LogP contribution in [0.1, 0.15) is 20.7 Å². The van der Waals surface area contributed by atoms with E-state index < -0.39 is 16.7 Å². The van der Waals surface area contributed by atoms with Gasteiger partial charge >= 0.3 is 0 Å². The Hall–Kier alpha value is -4.20. The van der Waals surface area contributed by atoms with Crippen LogP contribution in [0.15, 0.2) is 72.8 Å². The summed E-state index contributed by atoms with van der Waals surface area (Å²) in [7, 11) is 1.52. The summed E-state index contributed by atoms with van der Waals surface area (Å²) in [6.45, 7) is 0. The predicted octanol–water partition coefficient (Wildman–Crippen LogP) is 4.11. The fraction of sp³-hybridized carbons (Fsp3) is 0.0476. The van der Waals surface area contributed by atoms with Crippen molar-refractivity contribution in [3.05, 3.63) is 94.0 Å². The largest absolute Gasteiger partial charge is 0.497 e. The zero-order valence-corrected chi connectivity index (χ0v) is 15.4. The predicted molar refractivity (Wildman–Crippen MR) is 108 cm³/mol. The lowest BCUT2D eigenvalue weighted by molar-refractivity contribution is -0.385. The van der Waals surface area contributed by atoms with Gasteiger partial charge in [0, 0.05) is 17.8 Å². The quantitative estimate of drug-likeness (QED) is 0.485. The van der Waals surface area contributed by atoms with Crippen LogP contribution < -0.4 is 15.4 Å². The number of nitrogens with zero attached hydrogens (tertiary/aromatic N) is 1. The molecule has 3 rings (SSSR count). The van der Waals surface area contributed by atoms with Crippen LogP contribution in [0.5, 0.6) is 5.75 Å². The molecule has 0 fully saturated rings. The van der Waals surface area contributed by atoms with Crippen molar-refractivity contribution in [2.75, 3.05) is 17.7 Å². The molecule has 0 atom stereocenters. The number of ether oxygens (including phenoxy) is 1. The highest BCUT2D eigenvalue weighted by Crippen LogP contribution is 2.23. The molecular formula is C21H17N3O5. The number of para-hydroxylation sites is 2. The van der Waals surface area contributed by atoms with E-state index >= 15 is 0 Å². The van der Waals surface area contributed by atoms with E-state index in [0.717, 1.165) is 0 Å². The van der Waals surface area contributed by atoms with Gasteiger partial charge in [0.15, 0.2) is 0 Å².